The Balaban J connectivity index is 2.22. The Bertz CT molecular complexity index is 778. The minimum Gasteiger partial charge on any atom is -0.229 e. The first-order chi connectivity index (χ1) is 9.56. The lowest BCUT2D eigenvalue weighted by Gasteiger charge is -2.09. The van der Waals surface area contributed by atoms with Crippen LogP contribution in [0.5, 0.6) is 0 Å². The summed E-state index contributed by atoms with van der Waals surface area (Å²) in [6.07, 6.45) is -1.12. The Hall–Kier alpha value is -2.30. The number of benzene rings is 1. The van der Waals surface area contributed by atoms with Gasteiger partial charge in [-0.3, -0.25) is 0 Å². The van der Waals surface area contributed by atoms with E-state index in [9.17, 15) is 8.78 Å². The molecule has 0 fully saturated rings. The summed E-state index contributed by atoms with van der Waals surface area (Å²) in [6.45, 7) is 4.00. The van der Waals surface area contributed by atoms with Crippen molar-refractivity contribution in [3.8, 4) is 11.3 Å². The summed E-state index contributed by atoms with van der Waals surface area (Å²) in [5, 5.41) is 3.88. The van der Waals surface area contributed by atoms with Gasteiger partial charge in [0.2, 0.25) is 0 Å². The predicted octanol–water partition coefficient (Wildman–Crippen LogP) is 3.95. The van der Waals surface area contributed by atoms with Crippen LogP contribution in [-0.4, -0.2) is 14.6 Å². The van der Waals surface area contributed by atoms with E-state index in [4.69, 9.17) is 0 Å². The van der Waals surface area contributed by atoms with Crippen LogP contribution in [-0.2, 0) is 0 Å². The quantitative estimate of drug-likeness (QED) is 0.707. The molecule has 1 aromatic carbocycles. The van der Waals surface area contributed by atoms with Crippen molar-refractivity contribution in [1.29, 1.82) is 0 Å². The molecule has 3 nitrogen and oxygen atoms in total. The van der Waals surface area contributed by atoms with Gasteiger partial charge in [-0.1, -0.05) is 12.1 Å². The molecular formula is C15H13F2N3. The number of rotatable bonds is 2. The molecule has 2 aromatic heterocycles. The summed E-state index contributed by atoms with van der Waals surface area (Å²) in [5.41, 5.74) is 3.92. The maximum atomic E-state index is 13.1. The molecule has 20 heavy (non-hydrogen) atoms. The van der Waals surface area contributed by atoms with E-state index in [-0.39, 0.29) is 5.69 Å². The molecule has 2 heterocycles. The molecule has 5 heteroatoms. The van der Waals surface area contributed by atoms with Gasteiger partial charge in [-0.25, -0.2) is 18.3 Å². The van der Waals surface area contributed by atoms with E-state index in [1.807, 2.05) is 32.0 Å². The third kappa shape index (κ3) is 2.05. The molecule has 0 unspecified atom stereocenters. The van der Waals surface area contributed by atoms with Crippen molar-refractivity contribution in [2.45, 2.75) is 20.3 Å². The van der Waals surface area contributed by atoms with Gasteiger partial charge < -0.3 is 0 Å². The maximum absolute atomic E-state index is 13.1. The Kier molecular flexibility index (Phi) is 2.97. The number of fused-ring (bicyclic) bond motifs is 1. The highest BCUT2D eigenvalue weighted by molar-refractivity contribution is 5.64. The summed E-state index contributed by atoms with van der Waals surface area (Å²) in [4.78, 5) is 4.39. The van der Waals surface area contributed by atoms with Gasteiger partial charge in [0.05, 0.1) is 11.9 Å². The van der Waals surface area contributed by atoms with Crippen molar-refractivity contribution in [3.63, 3.8) is 0 Å². The van der Waals surface area contributed by atoms with Crippen LogP contribution in [0.2, 0.25) is 0 Å². The topological polar surface area (TPSA) is 30.2 Å². The Labute approximate surface area is 114 Å². The number of nitrogens with zero attached hydrogens (tertiary/aromatic N) is 3. The largest absolute Gasteiger partial charge is 0.280 e. The number of hydrogen-bond acceptors (Lipinski definition) is 2. The van der Waals surface area contributed by atoms with Crippen LogP contribution in [0.4, 0.5) is 8.78 Å². The van der Waals surface area contributed by atoms with Gasteiger partial charge in [0.25, 0.3) is 6.43 Å². The highest BCUT2D eigenvalue weighted by Gasteiger charge is 2.16. The number of alkyl halides is 2. The third-order valence-corrected chi connectivity index (χ3v) is 3.41. The highest BCUT2D eigenvalue weighted by atomic mass is 19.3. The zero-order valence-corrected chi connectivity index (χ0v) is 11.1. The zero-order chi connectivity index (χ0) is 14.3. The van der Waals surface area contributed by atoms with E-state index >= 15 is 0 Å². The van der Waals surface area contributed by atoms with E-state index in [0.29, 0.717) is 11.3 Å². The molecule has 0 atom stereocenters. The molecule has 3 aromatic rings. The van der Waals surface area contributed by atoms with Gasteiger partial charge in [-0.05, 0) is 37.1 Å². The number of hydrogen-bond donors (Lipinski definition) is 0. The van der Waals surface area contributed by atoms with Gasteiger partial charge >= 0.3 is 0 Å². The second-order valence-corrected chi connectivity index (χ2v) is 4.77. The highest BCUT2D eigenvalue weighted by Crippen LogP contribution is 2.26. The van der Waals surface area contributed by atoms with E-state index in [1.165, 1.54) is 16.8 Å². The Morgan fingerprint density at radius 1 is 1.05 bits per heavy atom. The average molecular weight is 273 g/mol. The molecular weight excluding hydrogens is 260 g/mol. The summed E-state index contributed by atoms with van der Waals surface area (Å²) in [5.74, 6) is 0. The number of aryl methyl sites for hydroxylation is 2. The van der Waals surface area contributed by atoms with Crippen LogP contribution in [0.15, 0.2) is 36.5 Å². The van der Waals surface area contributed by atoms with Gasteiger partial charge in [-0.15, -0.1) is 0 Å². The minimum absolute atomic E-state index is 0.145. The fourth-order valence-electron chi connectivity index (χ4n) is 2.14. The first-order valence-electron chi connectivity index (χ1n) is 6.27. The number of halogens is 2. The molecule has 0 saturated carbocycles. The molecule has 0 aliphatic carbocycles. The van der Waals surface area contributed by atoms with Gasteiger partial charge in [-0.2, -0.15) is 5.10 Å². The lowest BCUT2D eigenvalue weighted by atomic mass is 10.0. The van der Waals surface area contributed by atoms with Crippen molar-refractivity contribution in [3.05, 3.63) is 53.3 Å². The zero-order valence-electron chi connectivity index (χ0n) is 11.1. The normalized spacial score (nSPS) is 11.4. The standard InChI is InChI=1S/C15H13F2N3/c1-9-3-4-11(7-10(9)2)12-8-13(15(16)17)20-14(19-12)5-6-18-20/h3-8,15H,1-2H3. The van der Waals surface area contributed by atoms with E-state index in [0.717, 1.165) is 16.7 Å². The van der Waals surface area contributed by atoms with Gasteiger partial charge in [0.1, 0.15) is 5.69 Å². The van der Waals surface area contributed by atoms with Crippen LogP contribution >= 0.6 is 0 Å². The lowest BCUT2D eigenvalue weighted by Crippen LogP contribution is -2.02. The van der Waals surface area contributed by atoms with Crippen LogP contribution in [0.3, 0.4) is 0 Å². The molecule has 0 spiro atoms. The van der Waals surface area contributed by atoms with Crippen LogP contribution in [0.1, 0.15) is 23.2 Å². The second kappa shape index (κ2) is 4.67. The summed E-state index contributed by atoms with van der Waals surface area (Å²) in [7, 11) is 0. The second-order valence-electron chi connectivity index (χ2n) is 4.77. The van der Waals surface area contributed by atoms with E-state index in [1.54, 1.807) is 6.07 Å². The lowest BCUT2D eigenvalue weighted by molar-refractivity contribution is 0.143. The van der Waals surface area contributed by atoms with Crippen molar-refractivity contribution in [2.24, 2.45) is 0 Å². The summed E-state index contributed by atoms with van der Waals surface area (Å²) >= 11 is 0. The van der Waals surface area contributed by atoms with Crippen molar-refractivity contribution < 1.29 is 8.78 Å². The fourth-order valence-corrected chi connectivity index (χ4v) is 2.14. The van der Waals surface area contributed by atoms with Crippen LogP contribution in [0.25, 0.3) is 16.9 Å². The monoisotopic (exact) mass is 273 g/mol. The van der Waals surface area contributed by atoms with Crippen LogP contribution in [0, 0.1) is 13.8 Å². The Morgan fingerprint density at radius 3 is 2.55 bits per heavy atom. The van der Waals surface area contributed by atoms with Gasteiger partial charge in [0, 0.05) is 11.6 Å². The SMILES string of the molecule is Cc1ccc(-c2cc(C(F)F)n3nccc3n2)cc1C. The fraction of sp³-hybridized carbons (Fsp3) is 0.200. The molecule has 0 bridgehead atoms. The summed E-state index contributed by atoms with van der Waals surface area (Å²) in [6, 6.07) is 8.84. The maximum Gasteiger partial charge on any atom is 0.280 e. The molecule has 0 radical (unpaired) electrons. The molecule has 102 valence electrons. The van der Waals surface area contributed by atoms with E-state index < -0.39 is 6.43 Å². The van der Waals surface area contributed by atoms with E-state index in [2.05, 4.69) is 10.1 Å². The molecule has 0 saturated heterocycles. The predicted molar refractivity (Wildman–Crippen MR) is 72.9 cm³/mol. The number of aromatic nitrogens is 3. The molecule has 0 aliphatic rings. The minimum atomic E-state index is -2.59. The first kappa shape index (κ1) is 12.7. The molecule has 0 amide bonds. The van der Waals surface area contributed by atoms with Crippen molar-refractivity contribution >= 4 is 5.65 Å². The van der Waals surface area contributed by atoms with Crippen molar-refractivity contribution in [1.82, 2.24) is 14.6 Å². The average Bonchev–Trinajstić information content (AvgIpc) is 2.88. The Morgan fingerprint density at radius 2 is 1.85 bits per heavy atom. The summed E-state index contributed by atoms with van der Waals surface area (Å²) < 4.78 is 27.4. The molecule has 0 N–H and O–H groups in total. The smallest absolute Gasteiger partial charge is 0.229 e. The molecule has 3 rings (SSSR count). The van der Waals surface area contributed by atoms with Crippen LogP contribution < -0.4 is 0 Å². The van der Waals surface area contributed by atoms with Crippen molar-refractivity contribution in [2.75, 3.05) is 0 Å². The van der Waals surface area contributed by atoms with Gasteiger partial charge in [0.15, 0.2) is 5.65 Å². The third-order valence-electron chi connectivity index (χ3n) is 3.41. The molecule has 0 aliphatic heterocycles. The first-order valence-corrected chi connectivity index (χ1v) is 6.27.